The van der Waals surface area contributed by atoms with Gasteiger partial charge in [0.1, 0.15) is 0 Å². The van der Waals surface area contributed by atoms with Gasteiger partial charge in [0.25, 0.3) is 5.91 Å². The van der Waals surface area contributed by atoms with Crippen molar-refractivity contribution >= 4 is 23.5 Å². The van der Waals surface area contributed by atoms with Crippen LogP contribution in [0.5, 0.6) is 0 Å². The number of rotatable bonds is 4. The average molecular weight is 421 g/mol. The lowest BCUT2D eigenvalue weighted by Gasteiger charge is -2.42. The molecule has 3 heterocycles. The lowest BCUT2D eigenvalue weighted by atomic mass is 10.00. The van der Waals surface area contributed by atoms with Crippen LogP contribution in [0.4, 0.5) is 0 Å². The quantitative estimate of drug-likeness (QED) is 0.754. The fourth-order valence-electron chi connectivity index (χ4n) is 4.58. The molecule has 0 fully saturated rings. The highest BCUT2D eigenvalue weighted by Gasteiger charge is 2.40. The van der Waals surface area contributed by atoms with Crippen molar-refractivity contribution in [2.24, 2.45) is 4.99 Å². The van der Waals surface area contributed by atoms with E-state index in [9.17, 15) is 4.79 Å². The Balaban J connectivity index is 1.41. The standard InChI is InChI=1S/C24H25ClN4O/c1-17-13-19(7-8-21(17)25)15-29-23(30)20-16-27(14-18-5-3-2-4-6-18)11-9-22(20)28-12-10-26-24(28)29/h2-8,13H,9-12,14-16H2,1H3. The van der Waals surface area contributed by atoms with E-state index < -0.39 is 0 Å². The van der Waals surface area contributed by atoms with E-state index in [1.54, 1.807) is 0 Å². The Morgan fingerprint density at radius 3 is 2.67 bits per heavy atom. The van der Waals surface area contributed by atoms with E-state index in [4.69, 9.17) is 11.6 Å². The second-order valence-electron chi connectivity index (χ2n) is 8.18. The third-order valence-corrected chi connectivity index (χ3v) is 6.52. The van der Waals surface area contributed by atoms with E-state index in [1.165, 1.54) is 11.3 Å². The lowest BCUT2D eigenvalue weighted by Crippen LogP contribution is -2.53. The van der Waals surface area contributed by atoms with E-state index in [-0.39, 0.29) is 5.91 Å². The van der Waals surface area contributed by atoms with Crippen LogP contribution in [0.2, 0.25) is 5.02 Å². The number of nitrogens with zero attached hydrogens (tertiary/aromatic N) is 4. The molecule has 154 valence electrons. The number of guanidine groups is 1. The van der Waals surface area contributed by atoms with Crippen LogP contribution in [0, 0.1) is 6.92 Å². The number of fused-ring (bicyclic) bond motifs is 2. The van der Waals surface area contributed by atoms with Crippen molar-refractivity contribution in [3.05, 3.63) is 81.5 Å². The van der Waals surface area contributed by atoms with Gasteiger partial charge in [0.2, 0.25) is 5.96 Å². The minimum Gasteiger partial charge on any atom is -0.314 e. The topological polar surface area (TPSA) is 39.2 Å². The van der Waals surface area contributed by atoms with Crippen LogP contribution in [-0.2, 0) is 17.9 Å². The number of hydrogen-bond acceptors (Lipinski definition) is 4. The van der Waals surface area contributed by atoms with Gasteiger partial charge in [-0.05, 0) is 29.7 Å². The Labute approximate surface area is 182 Å². The van der Waals surface area contributed by atoms with Crippen molar-refractivity contribution in [1.82, 2.24) is 14.7 Å². The van der Waals surface area contributed by atoms with Crippen molar-refractivity contribution in [3.63, 3.8) is 0 Å². The van der Waals surface area contributed by atoms with Crippen LogP contribution in [-0.4, -0.2) is 52.7 Å². The first-order chi connectivity index (χ1) is 14.6. The third kappa shape index (κ3) is 3.53. The lowest BCUT2D eigenvalue weighted by molar-refractivity contribution is -0.125. The average Bonchev–Trinajstić information content (AvgIpc) is 3.24. The first kappa shape index (κ1) is 19.3. The highest BCUT2D eigenvalue weighted by Crippen LogP contribution is 2.32. The minimum atomic E-state index is 0.0901. The summed E-state index contributed by atoms with van der Waals surface area (Å²) in [4.78, 5) is 24.7. The van der Waals surface area contributed by atoms with Crippen LogP contribution in [0.25, 0.3) is 0 Å². The molecule has 0 atom stereocenters. The number of halogens is 1. The number of aliphatic imine (C=N–C) groups is 1. The number of carbonyl (C=O) groups is 1. The highest BCUT2D eigenvalue weighted by molar-refractivity contribution is 6.31. The van der Waals surface area contributed by atoms with Crippen LogP contribution < -0.4 is 0 Å². The molecule has 0 aromatic heterocycles. The zero-order valence-corrected chi connectivity index (χ0v) is 17.9. The first-order valence-electron chi connectivity index (χ1n) is 10.5. The summed E-state index contributed by atoms with van der Waals surface area (Å²) < 4.78 is 0. The largest absolute Gasteiger partial charge is 0.314 e. The van der Waals surface area contributed by atoms with Crippen LogP contribution in [0.3, 0.4) is 0 Å². The Kier molecular flexibility index (Phi) is 5.09. The van der Waals surface area contributed by atoms with Gasteiger partial charge < -0.3 is 4.90 Å². The molecule has 2 aromatic rings. The zero-order valence-electron chi connectivity index (χ0n) is 17.1. The molecule has 0 aliphatic carbocycles. The van der Waals surface area contributed by atoms with Crippen molar-refractivity contribution < 1.29 is 4.79 Å². The van der Waals surface area contributed by atoms with E-state index in [0.29, 0.717) is 13.1 Å². The maximum Gasteiger partial charge on any atom is 0.259 e. The Morgan fingerprint density at radius 2 is 1.87 bits per heavy atom. The molecule has 0 saturated carbocycles. The van der Waals surface area contributed by atoms with Gasteiger partial charge >= 0.3 is 0 Å². The SMILES string of the molecule is Cc1cc(CN2C(=O)C3=C(CCN(Cc4ccccc4)C3)N3CCN=C23)ccc1Cl. The van der Waals surface area contributed by atoms with Gasteiger partial charge in [-0.25, -0.2) is 0 Å². The van der Waals surface area contributed by atoms with Crippen molar-refractivity contribution in [2.45, 2.75) is 26.4 Å². The number of benzene rings is 2. The maximum absolute atomic E-state index is 13.6. The molecule has 1 amide bonds. The summed E-state index contributed by atoms with van der Waals surface area (Å²) in [5.41, 5.74) is 5.46. The second-order valence-corrected chi connectivity index (χ2v) is 8.59. The predicted octanol–water partition coefficient (Wildman–Crippen LogP) is 3.82. The molecule has 30 heavy (non-hydrogen) atoms. The molecule has 6 heteroatoms. The van der Waals surface area contributed by atoms with E-state index >= 15 is 0 Å². The van der Waals surface area contributed by atoms with Crippen LogP contribution in [0.1, 0.15) is 23.1 Å². The summed E-state index contributed by atoms with van der Waals surface area (Å²) in [5, 5.41) is 0.748. The fourth-order valence-corrected chi connectivity index (χ4v) is 4.70. The number of aryl methyl sites for hydroxylation is 1. The van der Waals surface area contributed by atoms with Crippen molar-refractivity contribution in [3.8, 4) is 0 Å². The van der Waals surface area contributed by atoms with E-state index in [0.717, 1.165) is 60.3 Å². The normalized spacial score (nSPS) is 19.1. The van der Waals surface area contributed by atoms with Gasteiger partial charge in [0, 0.05) is 43.3 Å². The zero-order chi connectivity index (χ0) is 20.7. The molecule has 0 bridgehead atoms. The molecule has 0 radical (unpaired) electrons. The molecule has 2 aromatic carbocycles. The summed E-state index contributed by atoms with van der Waals surface area (Å²) in [6.07, 6.45) is 0.890. The van der Waals surface area contributed by atoms with Gasteiger partial charge in [0.15, 0.2) is 0 Å². The van der Waals surface area contributed by atoms with E-state index in [1.807, 2.05) is 30.0 Å². The number of amides is 1. The number of hydrogen-bond donors (Lipinski definition) is 0. The Bertz CT molecular complexity index is 1050. The molecule has 5 nitrogen and oxygen atoms in total. The van der Waals surface area contributed by atoms with E-state index in [2.05, 4.69) is 45.1 Å². The third-order valence-electron chi connectivity index (χ3n) is 6.10. The smallest absolute Gasteiger partial charge is 0.259 e. The Hall–Kier alpha value is -2.63. The molecule has 0 saturated heterocycles. The Morgan fingerprint density at radius 1 is 1.03 bits per heavy atom. The molecule has 0 spiro atoms. The summed E-state index contributed by atoms with van der Waals surface area (Å²) in [6, 6.07) is 16.4. The molecule has 0 unspecified atom stereocenters. The van der Waals surface area contributed by atoms with Gasteiger partial charge in [-0.3, -0.25) is 19.6 Å². The van der Waals surface area contributed by atoms with Crippen LogP contribution in [0.15, 0.2) is 64.8 Å². The van der Waals surface area contributed by atoms with Crippen molar-refractivity contribution in [2.75, 3.05) is 26.2 Å². The maximum atomic E-state index is 13.6. The molecule has 0 N–H and O–H groups in total. The summed E-state index contributed by atoms with van der Waals surface area (Å²) in [6.45, 7) is 6.61. The molecule has 5 rings (SSSR count). The van der Waals surface area contributed by atoms with Crippen molar-refractivity contribution in [1.29, 1.82) is 0 Å². The first-order valence-corrected chi connectivity index (χ1v) is 10.8. The predicted molar refractivity (Wildman–Crippen MR) is 119 cm³/mol. The summed E-state index contributed by atoms with van der Waals surface area (Å²) >= 11 is 6.19. The second kappa shape index (κ2) is 7.89. The number of carbonyl (C=O) groups excluding carboxylic acids is 1. The monoisotopic (exact) mass is 420 g/mol. The van der Waals surface area contributed by atoms with Gasteiger partial charge in [-0.15, -0.1) is 0 Å². The van der Waals surface area contributed by atoms with Gasteiger partial charge in [-0.2, -0.15) is 0 Å². The fraction of sp³-hybridized carbons (Fsp3) is 0.333. The molecule has 3 aliphatic heterocycles. The summed E-state index contributed by atoms with van der Waals surface area (Å²) in [5.74, 6) is 0.898. The van der Waals surface area contributed by atoms with Gasteiger partial charge in [0.05, 0.1) is 18.7 Å². The van der Waals surface area contributed by atoms with Crippen LogP contribution >= 0.6 is 11.6 Å². The highest BCUT2D eigenvalue weighted by atomic mass is 35.5. The van der Waals surface area contributed by atoms with Gasteiger partial charge in [-0.1, -0.05) is 54.1 Å². The summed E-state index contributed by atoms with van der Waals surface area (Å²) in [7, 11) is 0. The molecular formula is C24H25ClN4O. The molecular weight excluding hydrogens is 396 g/mol. The minimum absolute atomic E-state index is 0.0901. The molecule has 3 aliphatic rings.